The van der Waals surface area contributed by atoms with Gasteiger partial charge < -0.3 is 62.5 Å². The van der Waals surface area contributed by atoms with Crippen molar-refractivity contribution in [1.82, 2.24) is 0 Å². The van der Waals surface area contributed by atoms with Crippen LogP contribution in [0.2, 0.25) is 0 Å². The summed E-state index contributed by atoms with van der Waals surface area (Å²) in [7, 11) is -11.9. The van der Waals surface area contributed by atoms with Crippen molar-refractivity contribution in [3.05, 3.63) is 0 Å². The summed E-state index contributed by atoms with van der Waals surface area (Å²) in [6.45, 7) is -0.612. The monoisotopic (exact) mass is 849 g/mol. The van der Waals surface area contributed by atoms with E-state index in [4.69, 9.17) is 33.8 Å². The number of hydrogen-bond donors (Lipinski definition) is 6. The van der Waals surface area contributed by atoms with Crippen LogP contribution in [0.15, 0.2) is 0 Å². The molecule has 0 bridgehead atoms. The van der Waals surface area contributed by atoms with Crippen molar-refractivity contribution in [2.45, 2.75) is 87.0 Å². The summed E-state index contributed by atoms with van der Waals surface area (Å²) in [5.41, 5.74) is 27.3. The second-order valence-corrected chi connectivity index (χ2v) is 11.5. The predicted octanol–water partition coefficient (Wildman–Crippen LogP) is -3.77. The first kappa shape index (κ1) is 37.0. The molecule has 0 spiro atoms. The van der Waals surface area contributed by atoms with Crippen molar-refractivity contribution < 1.29 is 75.9 Å². The first-order valence-corrected chi connectivity index (χ1v) is 12.7. The van der Waals surface area contributed by atoms with E-state index in [0.717, 1.165) is 51.4 Å². The van der Waals surface area contributed by atoms with Gasteiger partial charge >= 0.3 is 42.1 Å². The average Bonchev–Trinajstić information content (AvgIpc) is 2.59. The summed E-state index contributed by atoms with van der Waals surface area (Å²) in [5, 5.41) is 5.02. The predicted molar refractivity (Wildman–Crippen MR) is 103 cm³/mol. The molecule has 192 valence electrons. The number of nitrogens with two attached hydrogens (primary N) is 5. The van der Waals surface area contributed by atoms with E-state index in [0.29, 0.717) is 24.2 Å². The molecule has 0 unspecified atom stereocenters. The van der Waals surface area contributed by atoms with E-state index in [1.807, 2.05) is 0 Å². The molecule has 0 aliphatic heterocycles. The molecule has 2 aliphatic rings. The first-order chi connectivity index (χ1) is 13.1. The molecule has 0 saturated heterocycles. The number of hydrogen-bond acceptors (Lipinski definition) is 12. The van der Waals surface area contributed by atoms with Crippen molar-refractivity contribution in [2.24, 2.45) is 28.7 Å². The van der Waals surface area contributed by atoms with Gasteiger partial charge in [0, 0.05) is 24.2 Å². The minimum atomic E-state index is -5.94. The van der Waals surface area contributed by atoms with E-state index in [1.54, 1.807) is 0 Å². The zero-order chi connectivity index (χ0) is 22.9. The molecule has 0 atom stereocenters. The Morgan fingerprint density at radius 1 is 0.677 bits per heavy atom. The van der Waals surface area contributed by atoms with Crippen LogP contribution < -0.4 is 48.2 Å². The molecule has 16 heteroatoms. The largest absolute Gasteiger partial charge is 2.00 e. The van der Waals surface area contributed by atoms with E-state index < -0.39 is 33.2 Å². The molecular weight excluding hydrogens is 814 g/mol. The third kappa shape index (κ3) is 14.4. The zero-order valence-electron chi connectivity index (χ0n) is 17.2. The van der Waals surface area contributed by atoms with E-state index in [-0.39, 0.29) is 42.1 Å². The van der Waals surface area contributed by atoms with Crippen LogP contribution in [0, 0.1) is 0 Å². The van der Waals surface area contributed by atoms with Gasteiger partial charge in [-0.2, -0.15) is 0 Å². The van der Waals surface area contributed by atoms with Gasteiger partial charge in [0.15, 0.2) is 0 Å². The molecule has 2 saturated carbocycles. The Morgan fingerprint density at radius 3 is 0.968 bits per heavy atom. The van der Waals surface area contributed by atoms with Crippen LogP contribution in [0.4, 0.5) is 0 Å². The summed E-state index contributed by atoms with van der Waals surface area (Å²) in [5.74, 6) is 0. The normalized spacial score (nSPS) is 26.6. The van der Waals surface area contributed by atoms with Crippen molar-refractivity contribution in [3.8, 4) is 0 Å². The number of aliphatic hydroxyl groups is 1. The van der Waals surface area contributed by atoms with Gasteiger partial charge in [-0.3, -0.25) is 0 Å². The molecular formula is C15H35N5O7P2Pt2. The Kier molecular flexibility index (Phi) is 20.2. The molecule has 2 fully saturated rings. The standard InChI is InChI=1S/2C6H14N2.C3H11NO7P2.2Pt/c2*7-5-1-2-6(8)4-3-5;4-2-1-3(5,12(6,7)8)13(9,10)11;;/h2*5-6H,1-4,7-8H2;5H,1-2,4H2,(H2,6,7,8)(H2,9,10,11);;/q;;;2*+2/p-4. The van der Waals surface area contributed by atoms with Crippen LogP contribution in [-0.2, 0) is 51.3 Å². The second kappa shape index (κ2) is 17.0. The molecule has 0 aromatic heterocycles. The zero-order valence-corrected chi connectivity index (χ0v) is 23.5. The van der Waals surface area contributed by atoms with Gasteiger partial charge in [-0.25, -0.2) is 0 Å². The van der Waals surface area contributed by atoms with Crippen molar-refractivity contribution in [1.29, 1.82) is 0 Å². The maximum atomic E-state index is 10.3. The fourth-order valence-electron chi connectivity index (χ4n) is 2.91. The van der Waals surface area contributed by atoms with Gasteiger partial charge in [-0.1, -0.05) is 0 Å². The van der Waals surface area contributed by atoms with Gasteiger partial charge in [0.05, 0.1) is 0 Å². The summed E-state index contributed by atoms with van der Waals surface area (Å²) in [6.07, 6.45) is 7.89. The van der Waals surface area contributed by atoms with Gasteiger partial charge in [-0.15, -0.1) is 0 Å². The minimum absolute atomic E-state index is 0. The maximum Gasteiger partial charge on any atom is 2.00 e. The number of rotatable bonds is 4. The summed E-state index contributed by atoms with van der Waals surface area (Å²) < 4.78 is 20.6. The fourth-order valence-corrected chi connectivity index (χ4v) is 4.91. The Labute approximate surface area is 212 Å². The SMILES string of the molecule is NC1CCC(N)CC1.NC1CCC(N)CC1.NCCC(O)(P(=O)([O-])[O-])P(=O)([O-])[O-].[Pt+2].[Pt+2]. The molecule has 2 aliphatic carbocycles. The molecule has 0 amide bonds. The van der Waals surface area contributed by atoms with Gasteiger partial charge in [-0.05, 0) is 79.5 Å². The van der Waals surface area contributed by atoms with E-state index >= 15 is 0 Å². The van der Waals surface area contributed by atoms with Crippen LogP contribution in [-0.4, -0.2) is 40.9 Å². The Morgan fingerprint density at radius 2 is 0.871 bits per heavy atom. The molecule has 11 N–H and O–H groups in total. The van der Waals surface area contributed by atoms with Gasteiger partial charge in [0.1, 0.15) is 5.08 Å². The van der Waals surface area contributed by atoms with Crippen LogP contribution in [0.5, 0.6) is 0 Å². The topological polar surface area (TPSA) is 277 Å². The quantitative estimate of drug-likeness (QED) is 0.149. The van der Waals surface area contributed by atoms with Crippen LogP contribution in [0.3, 0.4) is 0 Å². The summed E-state index contributed by atoms with van der Waals surface area (Å²) >= 11 is 0. The van der Waals surface area contributed by atoms with Gasteiger partial charge in [0.2, 0.25) is 0 Å². The fraction of sp³-hybridized carbons (Fsp3) is 1.00. The minimum Gasteiger partial charge on any atom is -0.808 e. The molecule has 0 heterocycles. The Hall–Kier alpha value is 1.44. The van der Waals surface area contributed by atoms with E-state index in [9.17, 15) is 28.7 Å². The van der Waals surface area contributed by atoms with E-state index in [1.165, 1.54) is 0 Å². The van der Waals surface area contributed by atoms with E-state index in [2.05, 4.69) is 0 Å². The Bertz CT molecular complexity index is 492. The summed E-state index contributed by atoms with van der Waals surface area (Å²) in [6, 6.07) is 1.76. The molecule has 0 aromatic carbocycles. The first-order valence-electron chi connectivity index (χ1n) is 9.63. The Balaban J connectivity index is -0.000000381. The van der Waals surface area contributed by atoms with Crippen LogP contribution in [0.1, 0.15) is 57.8 Å². The third-order valence-electron chi connectivity index (χ3n) is 4.99. The van der Waals surface area contributed by atoms with Gasteiger partial charge in [0.25, 0.3) is 0 Å². The summed E-state index contributed by atoms with van der Waals surface area (Å²) in [4.78, 5) is 41.1. The maximum absolute atomic E-state index is 10.3. The third-order valence-corrected chi connectivity index (χ3v) is 8.66. The molecule has 0 aromatic rings. The van der Waals surface area contributed by atoms with Crippen LogP contribution in [0.25, 0.3) is 0 Å². The second-order valence-electron chi connectivity index (χ2n) is 7.66. The average molecular weight is 850 g/mol. The smallest absolute Gasteiger partial charge is 0.808 e. The molecule has 31 heavy (non-hydrogen) atoms. The van der Waals surface area contributed by atoms with Crippen molar-refractivity contribution in [2.75, 3.05) is 6.54 Å². The van der Waals surface area contributed by atoms with Crippen molar-refractivity contribution in [3.63, 3.8) is 0 Å². The molecule has 2 rings (SSSR count). The molecule has 0 radical (unpaired) electrons. The van der Waals surface area contributed by atoms with Crippen LogP contribution >= 0.6 is 15.2 Å². The van der Waals surface area contributed by atoms with Crippen molar-refractivity contribution >= 4 is 15.2 Å². The molecule has 12 nitrogen and oxygen atoms in total.